The molecule has 3 heterocycles. The smallest absolute Gasteiger partial charge is 0.240 e. The van der Waals surface area contributed by atoms with Crippen molar-refractivity contribution in [1.82, 2.24) is 20.1 Å². The third-order valence-corrected chi connectivity index (χ3v) is 8.69. The zero-order chi connectivity index (χ0) is 29.9. The van der Waals surface area contributed by atoms with Gasteiger partial charge in [0.05, 0.1) is 22.4 Å². The van der Waals surface area contributed by atoms with E-state index in [9.17, 15) is 14.0 Å². The Labute approximate surface area is 253 Å². The van der Waals surface area contributed by atoms with E-state index >= 15 is 0 Å². The Hall–Kier alpha value is -4.76. The molecule has 1 unspecified atom stereocenters. The van der Waals surface area contributed by atoms with Gasteiger partial charge in [-0.1, -0.05) is 60.2 Å². The number of pyridine rings is 1. The van der Waals surface area contributed by atoms with Crippen LogP contribution in [0.5, 0.6) is 0 Å². The predicted octanol–water partition coefficient (Wildman–Crippen LogP) is 6.18. The molecule has 0 fully saturated rings. The number of anilines is 1. The van der Waals surface area contributed by atoms with Gasteiger partial charge in [0.1, 0.15) is 18.2 Å². The molecule has 0 aliphatic carbocycles. The highest BCUT2D eigenvalue weighted by molar-refractivity contribution is 8.00. The summed E-state index contributed by atoms with van der Waals surface area (Å²) in [6.07, 6.45) is 3.35. The van der Waals surface area contributed by atoms with E-state index < -0.39 is 0 Å². The Morgan fingerprint density at radius 1 is 1.00 bits per heavy atom. The molecule has 1 aliphatic rings. The van der Waals surface area contributed by atoms with Crippen molar-refractivity contribution in [2.75, 3.05) is 17.2 Å². The first-order chi connectivity index (χ1) is 20.9. The van der Waals surface area contributed by atoms with Crippen molar-refractivity contribution in [3.63, 3.8) is 0 Å². The molecule has 216 valence electrons. The van der Waals surface area contributed by atoms with Crippen molar-refractivity contribution in [2.45, 2.75) is 25.6 Å². The second kappa shape index (κ2) is 12.2. The molecule has 2 aromatic heterocycles. The van der Waals surface area contributed by atoms with Gasteiger partial charge in [-0.2, -0.15) is 5.10 Å². The van der Waals surface area contributed by atoms with Crippen molar-refractivity contribution in [3.05, 3.63) is 131 Å². The number of aryl methyl sites for hydroxylation is 2. The Kier molecular flexibility index (Phi) is 8.07. The molecule has 1 N–H and O–H groups in total. The van der Waals surface area contributed by atoms with Crippen LogP contribution in [0.1, 0.15) is 33.1 Å². The molecule has 0 radical (unpaired) electrons. The normalized spacial score (nSPS) is 14.7. The lowest BCUT2D eigenvalue weighted by Gasteiger charge is -2.24. The number of aromatic nitrogens is 3. The second-order valence-corrected chi connectivity index (χ2v) is 11.6. The lowest BCUT2D eigenvalue weighted by Crippen LogP contribution is -2.42. The van der Waals surface area contributed by atoms with Gasteiger partial charge >= 0.3 is 0 Å². The Balaban J connectivity index is 1.53. The topological polar surface area (TPSA) is 80.1 Å². The third-order valence-electron chi connectivity index (χ3n) is 7.43. The van der Waals surface area contributed by atoms with Crippen LogP contribution in [0.4, 0.5) is 10.2 Å². The number of halogens is 1. The van der Waals surface area contributed by atoms with Crippen LogP contribution in [0, 0.1) is 19.7 Å². The second-order valence-electron chi connectivity index (χ2n) is 10.5. The maximum atomic E-state index is 14.0. The van der Waals surface area contributed by atoms with Crippen LogP contribution < -0.4 is 10.2 Å². The van der Waals surface area contributed by atoms with Crippen molar-refractivity contribution >= 4 is 29.4 Å². The van der Waals surface area contributed by atoms with Gasteiger partial charge in [-0.15, -0.1) is 11.8 Å². The molecule has 0 bridgehead atoms. The maximum absolute atomic E-state index is 14.0. The number of benzene rings is 3. The minimum absolute atomic E-state index is 0.134. The largest absolute Gasteiger partial charge is 0.350 e. The number of carbonyl (C=O) groups excluding carboxylic acids is 2. The molecule has 0 saturated carbocycles. The highest BCUT2D eigenvalue weighted by atomic mass is 32.2. The fourth-order valence-corrected chi connectivity index (χ4v) is 6.54. The van der Waals surface area contributed by atoms with E-state index in [0.29, 0.717) is 18.1 Å². The predicted molar refractivity (Wildman–Crippen MR) is 168 cm³/mol. The summed E-state index contributed by atoms with van der Waals surface area (Å²) in [6.45, 7) is 4.17. The van der Waals surface area contributed by atoms with E-state index in [1.54, 1.807) is 34.1 Å². The quantitative estimate of drug-likeness (QED) is 0.245. The molecule has 9 heteroatoms. The fourth-order valence-electron chi connectivity index (χ4n) is 5.34. The summed E-state index contributed by atoms with van der Waals surface area (Å²) in [7, 11) is 0. The van der Waals surface area contributed by atoms with E-state index in [1.165, 1.54) is 23.9 Å². The van der Waals surface area contributed by atoms with Crippen LogP contribution in [0.15, 0.2) is 97.3 Å². The molecule has 0 saturated heterocycles. The first-order valence-electron chi connectivity index (χ1n) is 14.0. The van der Waals surface area contributed by atoms with Gasteiger partial charge in [0.15, 0.2) is 0 Å². The molecule has 7 nitrogen and oxygen atoms in total. The minimum Gasteiger partial charge on any atom is -0.350 e. The Morgan fingerprint density at radius 3 is 2.47 bits per heavy atom. The number of amides is 2. The van der Waals surface area contributed by atoms with E-state index in [1.807, 2.05) is 68.4 Å². The van der Waals surface area contributed by atoms with E-state index in [4.69, 9.17) is 5.10 Å². The van der Waals surface area contributed by atoms with E-state index in [-0.39, 0.29) is 35.2 Å². The van der Waals surface area contributed by atoms with Gasteiger partial charge in [-0.25, -0.2) is 9.07 Å². The summed E-state index contributed by atoms with van der Waals surface area (Å²) >= 11 is 1.45. The average molecular weight is 592 g/mol. The summed E-state index contributed by atoms with van der Waals surface area (Å²) in [6, 6.07) is 25.9. The van der Waals surface area contributed by atoms with Gasteiger partial charge < -0.3 is 5.32 Å². The highest BCUT2D eigenvalue weighted by Gasteiger charge is 2.38. The molecule has 6 rings (SSSR count). The Bertz CT molecular complexity index is 1770. The average Bonchev–Trinajstić information content (AvgIpc) is 3.33. The van der Waals surface area contributed by atoms with Crippen molar-refractivity contribution in [3.8, 4) is 16.9 Å². The molecule has 1 atom stereocenters. The van der Waals surface area contributed by atoms with Crippen molar-refractivity contribution in [1.29, 1.82) is 0 Å². The van der Waals surface area contributed by atoms with Crippen LogP contribution in [-0.2, 0) is 16.1 Å². The van der Waals surface area contributed by atoms with Crippen molar-refractivity contribution in [2.24, 2.45) is 0 Å². The summed E-state index contributed by atoms with van der Waals surface area (Å²) in [5.41, 5.74) is 7.03. The monoisotopic (exact) mass is 591 g/mol. The van der Waals surface area contributed by atoms with E-state index in [0.717, 1.165) is 39.1 Å². The maximum Gasteiger partial charge on any atom is 0.240 e. The van der Waals surface area contributed by atoms with Gasteiger partial charge in [-0.05, 0) is 60.9 Å². The zero-order valence-corrected chi connectivity index (χ0v) is 24.6. The van der Waals surface area contributed by atoms with Crippen LogP contribution in [0.3, 0.4) is 0 Å². The van der Waals surface area contributed by atoms with Gasteiger partial charge in [0.2, 0.25) is 11.8 Å². The first-order valence-corrected chi connectivity index (χ1v) is 15.0. The lowest BCUT2D eigenvalue weighted by atomic mass is 9.99. The highest BCUT2D eigenvalue weighted by Crippen LogP contribution is 2.48. The van der Waals surface area contributed by atoms with Crippen LogP contribution >= 0.6 is 11.8 Å². The summed E-state index contributed by atoms with van der Waals surface area (Å²) in [5.74, 6) is -0.166. The number of hydrogen-bond acceptors (Lipinski definition) is 5. The van der Waals surface area contributed by atoms with Crippen LogP contribution in [-0.4, -0.2) is 38.9 Å². The minimum atomic E-state index is -0.334. The molecule has 0 spiro atoms. The summed E-state index contributed by atoms with van der Waals surface area (Å²) in [5, 5.41) is 7.75. The lowest BCUT2D eigenvalue weighted by molar-refractivity contribution is -0.123. The fraction of sp³-hybridized carbons (Fsp3) is 0.176. The Morgan fingerprint density at radius 2 is 1.74 bits per heavy atom. The molecule has 2 amide bonds. The van der Waals surface area contributed by atoms with Gasteiger partial charge in [-0.3, -0.25) is 19.5 Å². The van der Waals surface area contributed by atoms with Crippen LogP contribution in [0.25, 0.3) is 16.9 Å². The zero-order valence-electron chi connectivity index (χ0n) is 23.8. The number of nitrogens with one attached hydrogen (secondary N) is 1. The van der Waals surface area contributed by atoms with E-state index in [2.05, 4.69) is 16.4 Å². The standard InChI is InChI=1S/C34H30FN5O2S/c1-22-8-13-28(23(2)18-22)40-34-31(32(38-40)25-6-4-3-5-7-25)33(26-9-11-27(35)12-10-26)43-21-30(42)39(34)20-29(41)37-19-24-14-16-36-17-15-24/h3-18,33H,19-21H2,1-2H3,(H,37,41). The molecule has 1 aliphatic heterocycles. The number of carbonyl (C=O) groups is 2. The SMILES string of the molecule is Cc1ccc(-n2nc(-c3ccccc3)c3c2N(CC(=O)NCc2ccncc2)C(=O)CSC3c2ccc(F)cc2)c(C)c1. The molecule has 3 aromatic carbocycles. The van der Waals surface area contributed by atoms with Crippen LogP contribution in [0.2, 0.25) is 0 Å². The number of fused-ring (bicyclic) bond motifs is 1. The third kappa shape index (κ3) is 5.94. The molecule has 5 aromatic rings. The number of thioether (sulfide) groups is 1. The van der Waals surface area contributed by atoms with Gasteiger partial charge in [0, 0.05) is 30.1 Å². The molecular formula is C34H30FN5O2S. The summed E-state index contributed by atoms with van der Waals surface area (Å²) < 4.78 is 15.8. The number of hydrogen-bond donors (Lipinski definition) is 1. The van der Waals surface area contributed by atoms with Crippen molar-refractivity contribution < 1.29 is 14.0 Å². The molecular weight excluding hydrogens is 561 g/mol. The number of rotatable bonds is 7. The molecule has 43 heavy (non-hydrogen) atoms. The first kappa shape index (κ1) is 28.4. The van der Waals surface area contributed by atoms with Gasteiger partial charge in [0.25, 0.3) is 0 Å². The number of nitrogens with zero attached hydrogens (tertiary/aromatic N) is 4. The summed E-state index contributed by atoms with van der Waals surface area (Å²) in [4.78, 5) is 32.9.